The SMILES string of the molecule is C[C@@H](O)[C@H]1C(=O)N2C(C(=O)Oc3ccc([N+](=O)[O-])cc3)=C(S[C@@H]3C[C@@H](C(=O)N4C[C@@H](O)[C@H](O)C4)N(C(=O)OCc4ccc([N+](=O)[O-])cc4)C3)[C@H](C)[C@H]12. The number of carbonyl (C=O) groups excluding carboxylic acids is 4. The van der Waals surface area contributed by atoms with E-state index in [4.69, 9.17) is 9.47 Å². The summed E-state index contributed by atoms with van der Waals surface area (Å²) in [6.45, 7) is 2.66. The van der Waals surface area contributed by atoms with Gasteiger partial charge < -0.3 is 34.6 Å². The molecule has 4 aliphatic rings. The minimum absolute atomic E-state index is 0.00735. The lowest BCUT2D eigenvalue weighted by molar-refractivity contribution is -0.385. The molecule has 4 heterocycles. The third-order valence-corrected chi connectivity index (χ3v) is 11.2. The number of ether oxygens (including phenoxy) is 2. The summed E-state index contributed by atoms with van der Waals surface area (Å²) in [5.74, 6) is -3.21. The molecule has 0 radical (unpaired) electrons. The number of hydrogen-bond acceptors (Lipinski definition) is 14. The number of likely N-dealkylation sites (tertiary alicyclic amines) is 2. The Hall–Kier alpha value is -5.11. The van der Waals surface area contributed by atoms with Crippen molar-refractivity contribution in [3.63, 3.8) is 0 Å². The van der Waals surface area contributed by atoms with Crippen LogP contribution in [0.1, 0.15) is 25.8 Å². The van der Waals surface area contributed by atoms with E-state index in [9.17, 15) is 54.7 Å². The topological polar surface area (TPSA) is 243 Å². The summed E-state index contributed by atoms with van der Waals surface area (Å²) in [6, 6.07) is 8.53. The maximum atomic E-state index is 13.8. The zero-order chi connectivity index (χ0) is 37.6. The summed E-state index contributed by atoms with van der Waals surface area (Å²) in [4.78, 5) is 79.4. The quantitative estimate of drug-likeness (QED) is 0.103. The Morgan fingerprint density at radius 2 is 1.54 bits per heavy atom. The maximum Gasteiger partial charge on any atom is 0.410 e. The van der Waals surface area contributed by atoms with Crippen molar-refractivity contribution in [3.8, 4) is 5.75 Å². The second-order valence-corrected chi connectivity index (χ2v) is 14.4. The predicted molar refractivity (Wildman–Crippen MR) is 179 cm³/mol. The lowest BCUT2D eigenvalue weighted by Gasteiger charge is -2.46. The minimum Gasteiger partial charge on any atom is -0.445 e. The van der Waals surface area contributed by atoms with Crippen molar-refractivity contribution in [2.24, 2.45) is 11.8 Å². The predicted octanol–water partition coefficient (Wildman–Crippen LogP) is 1.55. The van der Waals surface area contributed by atoms with E-state index in [0.29, 0.717) is 10.5 Å². The fourth-order valence-corrected chi connectivity index (χ4v) is 8.58. The molecule has 2 aromatic rings. The molecule has 0 unspecified atom stereocenters. The van der Waals surface area contributed by atoms with Crippen LogP contribution < -0.4 is 4.74 Å². The van der Waals surface area contributed by atoms with Crippen molar-refractivity contribution in [2.75, 3.05) is 19.6 Å². The number of esters is 1. The number of fused-ring (bicyclic) bond motifs is 1. The fraction of sp³-hybridized carbons (Fsp3) is 0.455. The third-order valence-electron chi connectivity index (χ3n) is 9.72. The van der Waals surface area contributed by atoms with Crippen LogP contribution in [-0.2, 0) is 25.7 Å². The van der Waals surface area contributed by atoms with E-state index in [-0.39, 0.29) is 55.5 Å². The minimum atomic E-state index is -1.17. The summed E-state index contributed by atoms with van der Waals surface area (Å²) in [5, 5.41) is 52.2. The van der Waals surface area contributed by atoms with E-state index in [1.165, 1.54) is 69.8 Å². The van der Waals surface area contributed by atoms with Crippen LogP contribution in [0.3, 0.4) is 0 Å². The third kappa shape index (κ3) is 6.91. The number of β-amino-alcohol motifs (C(OH)–C–C–N with tert-alkyl or cyclic N) is 2. The number of nitro groups is 2. The Morgan fingerprint density at radius 1 is 0.962 bits per heavy atom. The number of amides is 3. The first-order valence-corrected chi connectivity index (χ1v) is 17.2. The maximum absolute atomic E-state index is 13.8. The molecule has 3 amide bonds. The number of β-lactam (4-membered cyclic amide) rings is 1. The van der Waals surface area contributed by atoms with Gasteiger partial charge >= 0.3 is 12.1 Å². The van der Waals surface area contributed by atoms with Gasteiger partial charge in [0.25, 0.3) is 11.4 Å². The smallest absolute Gasteiger partial charge is 0.410 e. The van der Waals surface area contributed by atoms with Crippen molar-refractivity contribution in [3.05, 3.63) is 84.9 Å². The zero-order valence-corrected chi connectivity index (χ0v) is 28.7. The molecule has 8 atom stereocenters. The molecule has 6 rings (SSSR count). The van der Waals surface area contributed by atoms with Gasteiger partial charge in [0, 0.05) is 60.0 Å². The number of hydrogen-bond donors (Lipinski definition) is 3. The standard InChI is InChI=1S/C33H35N5O13S/c1-16-27-26(17(2)39)31(43)36(27)28(32(44)51-21-9-7-20(8-10-21)38(48)49)29(16)52-22-11-23(30(42)34-13-24(40)25(41)14-34)35(12-22)33(45)50-15-18-3-5-19(6-4-18)37(46)47/h3-10,16-17,22-27,39-41H,11-15H2,1-2H3/t16-,17-,22-,23+,24-,25-,26-,27-/m1/s1. The molecule has 276 valence electrons. The summed E-state index contributed by atoms with van der Waals surface area (Å²) >= 11 is 1.18. The fourth-order valence-electron chi connectivity index (χ4n) is 7.06. The van der Waals surface area contributed by atoms with Crippen LogP contribution in [-0.4, -0.2) is 119 Å². The van der Waals surface area contributed by atoms with Crippen LogP contribution in [0.15, 0.2) is 59.1 Å². The molecule has 2 aromatic carbocycles. The summed E-state index contributed by atoms with van der Waals surface area (Å²) in [7, 11) is 0. The van der Waals surface area contributed by atoms with Gasteiger partial charge in [-0.15, -0.1) is 11.8 Å². The highest BCUT2D eigenvalue weighted by atomic mass is 32.2. The van der Waals surface area contributed by atoms with Crippen molar-refractivity contribution < 1.29 is 53.8 Å². The van der Waals surface area contributed by atoms with Gasteiger partial charge in [-0.25, -0.2) is 9.59 Å². The molecule has 3 N–H and O–H groups in total. The molecule has 0 aromatic heterocycles. The lowest BCUT2D eigenvalue weighted by Crippen LogP contribution is -2.63. The molecule has 4 aliphatic heterocycles. The Bertz CT molecular complexity index is 1810. The normalized spacial score (nSPS) is 27.3. The van der Waals surface area contributed by atoms with E-state index in [0.717, 1.165) is 12.1 Å². The van der Waals surface area contributed by atoms with Gasteiger partial charge in [0.15, 0.2) is 0 Å². The monoisotopic (exact) mass is 741 g/mol. The number of nitrogens with zero attached hydrogens (tertiary/aromatic N) is 5. The molecule has 19 heteroatoms. The van der Waals surface area contributed by atoms with Crippen LogP contribution >= 0.6 is 11.8 Å². The Labute approximate surface area is 299 Å². The summed E-state index contributed by atoms with van der Waals surface area (Å²) in [6.07, 6.45) is -4.16. The van der Waals surface area contributed by atoms with Gasteiger partial charge in [-0.3, -0.25) is 34.7 Å². The summed E-state index contributed by atoms with van der Waals surface area (Å²) in [5.41, 5.74) is 0.0192. The van der Waals surface area contributed by atoms with E-state index >= 15 is 0 Å². The highest BCUT2D eigenvalue weighted by Gasteiger charge is 2.61. The second-order valence-electron chi connectivity index (χ2n) is 13.1. The van der Waals surface area contributed by atoms with E-state index in [1.54, 1.807) is 6.92 Å². The number of nitro benzene ring substituents is 2. The van der Waals surface area contributed by atoms with Gasteiger partial charge in [0.05, 0.1) is 40.1 Å². The Kier molecular flexibility index (Phi) is 10.2. The molecular weight excluding hydrogens is 706 g/mol. The largest absolute Gasteiger partial charge is 0.445 e. The van der Waals surface area contributed by atoms with E-state index in [2.05, 4.69) is 0 Å². The first-order chi connectivity index (χ1) is 24.7. The van der Waals surface area contributed by atoms with Gasteiger partial charge in [-0.2, -0.15) is 0 Å². The highest BCUT2D eigenvalue weighted by molar-refractivity contribution is 8.03. The zero-order valence-electron chi connectivity index (χ0n) is 27.8. The molecule has 0 aliphatic carbocycles. The number of non-ortho nitro benzene ring substituents is 2. The van der Waals surface area contributed by atoms with Gasteiger partial charge in [-0.1, -0.05) is 6.92 Å². The van der Waals surface area contributed by atoms with Gasteiger partial charge in [-0.05, 0) is 43.2 Å². The van der Waals surface area contributed by atoms with Crippen LogP contribution in [0.4, 0.5) is 16.2 Å². The molecule has 0 saturated carbocycles. The Morgan fingerprint density at radius 3 is 2.10 bits per heavy atom. The molecule has 3 saturated heterocycles. The van der Waals surface area contributed by atoms with E-state index in [1.807, 2.05) is 0 Å². The number of rotatable bonds is 10. The number of aliphatic hydroxyl groups excluding tert-OH is 3. The molecule has 0 bridgehead atoms. The number of thioether (sulfide) groups is 1. The molecule has 3 fully saturated rings. The molecule has 18 nitrogen and oxygen atoms in total. The molecule has 52 heavy (non-hydrogen) atoms. The first kappa shape index (κ1) is 36.7. The van der Waals surface area contributed by atoms with Crippen LogP contribution in [0.25, 0.3) is 0 Å². The summed E-state index contributed by atoms with van der Waals surface area (Å²) < 4.78 is 11.1. The number of carbonyl (C=O) groups is 4. The highest BCUT2D eigenvalue weighted by Crippen LogP contribution is 2.52. The van der Waals surface area contributed by atoms with Crippen molar-refractivity contribution in [2.45, 2.75) is 62.5 Å². The molecule has 0 spiro atoms. The van der Waals surface area contributed by atoms with Crippen LogP contribution in [0.5, 0.6) is 5.75 Å². The van der Waals surface area contributed by atoms with Crippen molar-refractivity contribution in [1.82, 2.24) is 14.7 Å². The van der Waals surface area contributed by atoms with E-state index < -0.39 is 81.2 Å². The first-order valence-electron chi connectivity index (χ1n) is 16.4. The van der Waals surface area contributed by atoms with Gasteiger partial charge in [0.1, 0.15) is 24.1 Å². The Balaban J connectivity index is 1.26. The van der Waals surface area contributed by atoms with Crippen molar-refractivity contribution in [1.29, 1.82) is 0 Å². The second kappa shape index (κ2) is 14.5. The number of aliphatic hydroxyl groups is 3. The average molecular weight is 742 g/mol. The molecular formula is C33H35N5O13S. The lowest BCUT2D eigenvalue weighted by atomic mass is 9.79. The van der Waals surface area contributed by atoms with Gasteiger partial charge in [0.2, 0.25) is 11.8 Å². The van der Waals surface area contributed by atoms with Crippen molar-refractivity contribution >= 4 is 47.0 Å². The van der Waals surface area contributed by atoms with Crippen LogP contribution in [0, 0.1) is 32.1 Å². The van der Waals surface area contributed by atoms with Crippen LogP contribution in [0.2, 0.25) is 0 Å². The average Bonchev–Trinajstić information content (AvgIpc) is 3.75. The number of benzene rings is 2.